The van der Waals surface area contributed by atoms with Gasteiger partial charge in [0.2, 0.25) is 5.91 Å². The predicted octanol–water partition coefficient (Wildman–Crippen LogP) is 1.68. The molecule has 0 aliphatic heterocycles. The number of nitrogens with one attached hydrogen (secondary N) is 1. The molecule has 0 fully saturated rings. The molecule has 0 bridgehead atoms. The zero-order valence-electron chi connectivity index (χ0n) is 10.3. The highest BCUT2D eigenvalue weighted by atomic mass is 16.5. The Morgan fingerprint density at radius 2 is 2.17 bits per heavy atom. The molecule has 1 aromatic carbocycles. The number of benzene rings is 1. The average Bonchev–Trinajstić information content (AvgIpc) is 2.30. The number of ether oxygens (including phenoxy) is 1. The highest BCUT2D eigenvalue weighted by Crippen LogP contribution is 2.16. The summed E-state index contributed by atoms with van der Waals surface area (Å²) in [6, 6.07) is 5.27. The number of aliphatic carboxylic acids is 1. The van der Waals surface area contributed by atoms with Crippen LogP contribution in [0.3, 0.4) is 0 Å². The minimum absolute atomic E-state index is 0.0197. The largest absolute Gasteiger partial charge is 0.478 e. The second kappa shape index (κ2) is 6.56. The fraction of sp³-hybridized carbons (Fsp3) is 0.231. The number of carbonyl (C=O) groups excluding carboxylic acids is 1. The van der Waals surface area contributed by atoms with Crippen LogP contribution in [-0.2, 0) is 14.3 Å². The molecule has 1 rings (SSSR count). The Balaban J connectivity index is 2.86. The first-order valence-corrected chi connectivity index (χ1v) is 5.33. The first kappa shape index (κ1) is 13.9. The summed E-state index contributed by atoms with van der Waals surface area (Å²) in [5.41, 5.74) is 2.28. The fourth-order valence-electron chi connectivity index (χ4n) is 1.39. The van der Waals surface area contributed by atoms with Crippen LogP contribution >= 0.6 is 0 Å². The van der Waals surface area contributed by atoms with Gasteiger partial charge in [-0.2, -0.15) is 0 Å². The van der Waals surface area contributed by atoms with Crippen LogP contribution in [0.1, 0.15) is 11.1 Å². The van der Waals surface area contributed by atoms with Gasteiger partial charge in [-0.25, -0.2) is 4.79 Å². The first-order chi connectivity index (χ1) is 8.52. The van der Waals surface area contributed by atoms with Gasteiger partial charge in [0.25, 0.3) is 0 Å². The number of carboxylic acids is 1. The van der Waals surface area contributed by atoms with Gasteiger partial charge in [0.1, 0.15) is 6.61 Å². The van der Waals surface area contributed by atoms with Crippen LogP contribution in [0.5, 0.6) is 0 Å². The second-order valence-electron chi connectivity index (χ2n) is 3.72. The molecule has 0 unspecified atom stereocenters. The van der Waals surface area contributed by atoms with Crippen molar-refractivity contribution in [1.29, 1.82) is 0 Å². The molecule has 0 saturated heterocycles. The van der Waals surface area contributed by atoms with Crippen LogP contribution < -0.4 is 5.32 Å². The Morgan fingerprint density at radius 3 is 2.78 bits per heavy atom. The minimum Gasteiger partial charge on any atom is -0.478 e. The zero-order valence-corrected chi connectivity index (χ0v) is 10.3. The molecule has 96 valence electrons. The first-order valence-electron chi connectivity index (χ1n) is 5.33. The number of rotatable bonds is 5. The molecule has 1 amide bonds. The standard InChI is InChI=1S/C13H15NO4/c1-9-3-5-11(14-12(15)8-18-2)7-10(9)4-6-13(16)17/h3-7H,8H2,1-2H3,(H,14,15)(H,16,17). The van der Waals surface area contributed by atoms with E-state index >= 15 is 0 Å². The molecular formula is C13H15NO4. The molecule has 2 N–H and O–H groups in total. The van der Waals surface area contributed by atoms with E-state index in [-0.39, 0.29) is 12.5 Å². The fourth-order valence-corrected chi connectivity index (χ4v) is 1.39. The molecular weight excluding hydrogens is 234 g/mol. The van der Waals surface area contributed by atoms with Crippen molar-refractivity contribution in [3.8, 4) is 0 Å². The highest BCUT2D eigenvalue weighted by Gasteiger charge is 2.03. The van der Waals surface area contributed by atoms with Crippen molar-refractivity contribution in [2.24, 2.45) is 0 Å². The number of aryl methyl sites for hydroxylation is 1. The molecule has 5 nitrogen and oxygen atoms in total. The van der Waals surface area contributed by atoms with Crippen LogP contribution in [-0.4, -0.2) is 30.7 Å². The molecule has 0 heterocycles. The summed E-state index contributed by atoms with van der Waals surface area (Å²) < 4.78 is 4.71. The van der Waals surface area contributed by atoms with Gasteiger partial charge in [0.15, 0.2) is 0 Å². The van der Waals surface area contributed by atoms with Gasteiger partial charge < -0.3 is 15.2 Å². The molecule has 1 aromatic rings. The molecule has 0 radical (unpaired) electrons. The third-order valence-electron chi connectivity index (χ3n) is 2.24. The summed E-state index contributed by atoms with van der Waals surface area (Å²) in [7, 11) is 1.44. The van der Waals surface area contributed by atoms with E-state index in [0.29, 0.717) is 5.69 Å². The van der Waals surface area contributed by atoms with Crippen LogP contribution in [0.2, 0.25) is 0 Å². The van der Waals surface area contributed by atoms with E-state index in [9.17, 15) is 9.59 Å². The SMILES string of the molecule is COCC(=O)Nc1ccc(C)c(C=CC(=O)O)c1. The number of methoxy groups -OCH3 is 1. The summed E-state index contributed by atoms with van der Waals surface area (Å²) >= 11 is 0. The molecule has 0 spiro atoms. The summed E-state index contributed by atoms with van der Waals surface area (Å²) in [6.07, 6.45) is 2.55. The highest BCUT2D eigenvalue weighted by molar-refractivity contribution is 5.92. The van der Waals surface area contributed by atoms with Crippen LogP contribution in [0, 0.1) is 6.92 Å². The van der Waals surface area contributed by atoms with E-state index in [1.165, 1.54) is 13.2 Å². The van der Waals surface area contributed by atoms with Gasteiger partial charge in [-0.1, -0.05) is 6.07 Å². The van der Waals surface area contributed by atoms with E-state index in [4.69, 9.17) is 9.84 Å². The Kier molecular flexibility index (Phi) is 5.07. The number of carbonyl (C=O) groups is 2. The number of hydrogen-bond donors (Lipinski definition) is 2. The molecule has 0 aliphatic rings. The lowest BCUT2D eigenvalue weighted by molar-refractivity contribution is -0.131. The van der Waals surface area contributed by atoms with Crippen molar-refractivity contribution in [2.75, 3.05) is 19.0 Å². The third kappa shape index (κ3) is 4.39. The van der Waals surface area contributed by atoms with Crippen LogP contribution in [0.4, 0.5) is 5.69 Å². The summed E-state index contributed by atoms with van der Waals surface area (Å²) in [5, 5.41) is 11.2. The summed E-state index contributed by atoms with van der Waals surface area (Å²) in [6.45, 7) is 1.84. The lowest BCUT2D eigenvalue weighted by Gasteiger charge is -2.07. The topological polar surface area (TPSA) is 75.6 Å². The number of carboxylic acid groups (broad SMARTS) is 1. The van der Waals surface area contributed by atoms with Gasteiger partial charge in [0, 0.05) is 18.9 Å². The average molecular weight is 249 g/mol. The number of amides is 1. The van der Waals surface area contributed by atoms with Crippen molar-refractivity contribution < 1.29 is 19.4 Å². The summed E-state index contributed by atoms with van der Waals surface area (Å²) in [4.78, 5) is 21.8. The van der Waals surface area contributed by atoms with E-state index < -0.39 is 5.97 Å². The molecule has 0 aromatic heterocycles. The van der Waals surface area contributed by atoms with Crippen molar-refractivity contribution in [2.45, 2.75) is 6.92 Å². The normalized spacial score (nSPS) is 10.6. The smallest absolute Gasteiger partial charge is 0.328 e. The maximum atomic E-state index is 11.3. The van der Waals surface area contributed by atoms with Crippen molar-refractivity contribution in [3.05, 3.63) is 35.4 Å². The number of anilines is 1. The lowest BCUT2D eigenvalue weighted by Crippen LogP contribution is -2.17. The lowest BCUT2D eigenvalue weighted by atomic mass is 10.1. The predicted molar refractivity (Wildman–Crippen MR) is 68.4 cm³/mol. The maximum Gasteiger partial charge on any atom is 0.328 e. The monoisotopic (exact) mass is 249 g/mol. The van der Waals surface area contributed by atoms with Crippen LogP contribution in [0.25, 0.3) is 6.08 Å². The van der Waals surface area contributed by atoms with E-state index in [2.05, 4.69) is 5.32 Å². The quantitative estimate of drug-likeness (QED) is 0.778. The van der Waals surface area contributed by atoms with E-state index in [1.807, 2.05) is 13.0 Å². The van der Waals surface area contributed by atoms with Gasteiger partial charge >= 0.3 is 5.97 Å². The summed E-state index contributed by atoms with van der Waals surface area (Å²) in [5.74, 6) is -1.27. The molecule has 0 atom stereocenters. The van der Waals surface area contributed by atoms with E-state index in [1.54, 1.807) is 12.1 Å². The Hall–Kier alpha value is -2.14. The van der Waals surface area contributed by atoms with Gasteiger partial charge in [0.05, 0.1) is 0 Å². The molecule has 5 heteroatoms. The Bertz CT molecular complexity index is 480. The van der Waals surface area contributed by atoms with Crippen LogP contribution in [0.15, 0.2) is 24.3 Å². The van der Waals surface area contributed by atoms with Crippen molar-refractivity contribution >= 4 is 23.6 Å². The molecule has 18 heavy (non-hydrogen) atoms. The molecule has 0 aliphatic carbocycles. The van der Waals surface area contributed by atoms with E-state index in [0.717, 1.165) is 17.2 Å². The van der Waals surface area contributed by atoms with Crippen molar-refractivity contribution in [1.82, 2.24) is 0 Å². The second-order valence-corrected chi connectivity index (χ2v) is 3.72. The molecule has 0 saturated carbocycles. The zero-order chi connectivity index (χ0) is 13.5. The Labute approximate surface area is 105 Å². The van der Waals surface area contributed by atoms with Gasteiger partial charge in [-0.3, -0.25) is 4.79 Å². The minimum atomic E-state index is -1.01. The van der Waals surface area contributed by atoms with Gasteiger partial charge in [-0.05, 0) is 36.3 Å². The maximum absolute atomic E-state index is 11.3. The van der Waals surface area contributed by atoms with Crippen molar-refractivity contribution in [3.63, 3.8) is 0 Å². The Morgan fingerprint density at radius 1 is 1.44 bits per heavy atom. The number of hydrogen-bond acceptors (Lipinski definition) is 3. The van der Waals surface area contributed by atoms with Gasteiger partial charge in [-0.15, -0.1) is 0 Å². The third-order valence-corrected chi connectivity index (χ3v) is 2.24.